The van der Waals surface area contributed by atoms with Gasteiger partial charge in [0.2, 0.25) is 0 Å². The van der Waals surface area contributed by atoms with E-state index in [1.807, 2.05) is 0 Å². The minimum Gasteiger partial charge on any atom is -1.00 e. The Morgan fingerprint density at radius 1 is 0.900 bits per heavy atom. The second-order valence-electron chi connectivity index (χ2n) is 0.448. The van der Waals surface area contributed by atoms with Gasteiger partial charge in [0.15, 0.2) is 0 Å². The van der Waals surface area contributed by atoms with Crippen molar-refractivity contribution in [3.63, 3.8) is 0 Å². The van der Waals surface area contributed by atoms with Gasteiger partial charge < -0.3 is 24.8 Å². The Hall–Kier alpha value is -0.121. The molecule has 0 aliphatic rings. The fraction of sp³-hybridized carbons (Fsp3) is 0. The SMILES string of the molecule is O.O.O.O.O=S(=O)(O)O.[Be+2].[H-].[H-]. The Balaban J connectivity index is -0.00000000381. The first-order valence-electron chi connectivity index (χ1n) is 0.698. The summed E-state index contributed by atoms with van der Waals surface area (Å²) in [6.07, 6.45) is 0. The number of hydrogen-bond acceptors (Lipinski definition) is 2. The zero-order chi connectivity index (χ0) is 4.50. The molecule has 0 atom stereocenters. The summed E-state index contributed by atoms with van der Waals surface area (Å²) in [5, 5.41) is 0. The van der Waals surface area contributed by atoms with Crippen LogP contribution < -0.4 is 0 Å². The van der Waals surface area contributed by atoms with Crippen LogP contribution in [0.1, 0.15) is 2.85 Å². The van der Waals surface area contributed by atoms with Crippen LogP contribution in [0.5, 0.6) is 0 Å². The van der Waals surface area contributed by atoms with Gasteiger partial charge in [0.25, 0.3) is 0 Å². The fourth-order valence-electron chi connectivity index (χ4n) is 0. The Bertz CT molecular complexity index is 100. The molecule has 0 fully saturated rings. The third-order valence-corrected chi connectivity index (χ3v) is 0. The van der Waals surface area contributed by atoms with Gasteiger partial charge in [0.1, 0.15) is 0 Å². The Labute approximate surface area is 63.9 Å². The van der Waals surface area contributed by atoms with Crippen molar-refractivity contribution in [1.82, 2.24) is 0 Å². The van der Waals surface area contributed by atoms with Gasteiger partial charge in [-0.15, -0.1) is 0 Å². The maximum Gasteiger partial charge on any atom is 2.00 e. The second-order valence-corrected chi connectivity index (χ2v) is 1.34. The predicted octanol–water partition coefficient (Wildman–Crippen LogP) is -4.11. The monoisotopic (exact) mass is 181 g/mol. The smallest absolute Gasteiger partial charge is 1.00 e. The van der Waals surface area contributed by atoms with Gasteiger partial charge in [0, 0.05) is 0 Å². The molecular formula is H12BeO8S. The van der Waals surface area contributed by atoms with E-state index in [1.165, 1.54) is 0 Å². The molecule has 0 spiro atoms. The summed E-state index contributed by atoms with van der Waals surface area (Å²) in [7, 11) is -4.67. The quantitative estimate of drug-likeness (QED) is 0.282. The van der Waals surface area contributed by atoms with Crippen molar-refractivity contribution in [1.29, 1.82) is 0 Å². The van der Waals surface area contributed by atoms with E-state index in [2.05, 4.69) is 0 Å². The van der Waals surface area contributed by atoms with E-state index in [9.17, 15) is 0 Å². The third-order valence-electron chi connectivity index (χ3n) is 0. The van der Waals surface area contributed by atoms with Crippen LogP contribution in [0.3, 0.4) is 0 Å². The summed E-state index contributed by atoms with van der Waals surface area (Å²) in [5.74, 6) is 0. The number of hydrogen-bond donors (Lipinski definition) is 2. The van der Waals surface area contributed by atoms with Crippen molar-refractivity contribution >= 4 is 20.5 Å². The molecule has 0 heterocycles. The van der Waals surface area contributed by atoms with E-state index in [-0.39, 0.29) is 34.9 Å². The average molecular weight is 181 g/mol. The van der Waals surface area contributed by atoms with Crippen LogP contribution in [0.4, 0.5) is 0 Å². The van der Waals surface area contributed by atoms with Crippen LogP contribution in [0, 0.1) is 0 Å². The molecule has 0 saturated heterocycles. The standard InChI is InChI=1S/Be.H2O4S.4H2O.2H/c;1-5(2,3)4;;;;;;/h;(H2,1,2,3,4);4*1H2;;/q+2;;;;;;2*-1. The van der Waals surface area contributed by atoms with Crippen LogP contribution in [-0.4, -0.2) is 49.5 Å². The van der Waals surface area contributed by atoms with Crippen molar-refractivity contribution < 1.29 is 42.3 Å². The molecule has 0 rings (SSSR count). The van der Waals surface area contributed by atoms with Crippen molar-refractivity contribution in [2.75, 3.05) is 0 Å². The Morgan fingerprint density at radius 2 is 0.900 bits per heavy atom. The molecule has 0 bridgehead atoms. The molecule has 68 valence electrons. The first-order valence-corrected chi connectivity index (χ1v) is 2.10. The van der Waals surface area contributed by atoms with Gasteiger partial charge in [-0.25, -0.2) is 0 Å². The maximum atomic E-state index is 8.74. The topological polar surface area (TPSA) is 201 Å². The van der Waals surface area contributed by atoms with Crippen LogP contribution in [0.2, 0.25) is 0 Å². The maximum absolute atomic E-state index is 8.74. The molecule has 0 aromatic carbocycles. The molecule has 8 nitrogen and oxygen atoms in total. The summed E-state index contributed by atoms with van der Waals surface area (Å²) in [6, 6.07) is 0. The summed E-state index contributed by atoms with van der Waals surface area (Å²) in [4.78, 5) is 0. The zero-order valence-electron chi connectivity index (χ0n) is 6.83. The van der Waals surface area contributed by atoms with Gasteiger partial charge in [-0.2, -0.15) is 8.42 Å². The van der Waals surface area contributed by atoms with Crippen molar-refractivity contribution in [2.45, 2.75) is 0 Å². The van der Waals surface area contributed by atoms with Crippen LogP contribution in [0.25, 0.3) is 0 Å². The van der Waals surface area contributed by atoms with E-state index >= 15 is 0 Å². The number of rotatable bonds is 0. The van der Waals surface area contributed by atoms with E-state index in [1.54, 1.807) is 0 Å². The minimum absolute atomic E-state index is 0. The summed E-state index contributed by atoms with van der Waals surface area (Å²) >= 11 is 0. The molecule has 10 heteroatoms. The molecule has 0 saturated carbocycles. The molecule has 10 heavy (non-hydrogen) atoms. The average Bonchev–Trinajstić information content (AvgIpc) is 0.722. The molecule has 0 aliphatic carbocycles. The van der Waals surface area contributed by atoms with Gasteiger partial charge in [-0.05, 0) is 0 Å². The Kier molecular flexibility index (Phi) is 82.5. The van der Waals surface area contributed by atoms with E-state index < -0.39 is 10.4 Å². The molecule has 10 N–H and O–H groups in total. The molecule has 0 amide bonds. The van der Waals surface area contributed by atoms with Gasteiger partial charge >= 0.3 is 20.5 Å². The van der Waals surface area contributed by atoms with Crippen molar-refractivity contribution in [3.8, 4) is 0 Å². The summed E-state index contributed by atoms with van der Waals surface area (Å²) in [6.45, 7) is 0. The van der Waals surface area contributed by atoms with E-state index in [4.69, 9.17) is 17.5 Å². The largest absolute Gasteiger partial charge is 2.00 e. The van der Waals surface area contributed by atoms with Gasteiger partial charge in [0.05, 0.1) is 0 Å². The fourth-order valence-corrected chi connectivity index (χ4v) is 0. The summed E-state index contributed by atoms with van der Waals surface area (Å²) < 4.78 is 31.6. The molecule has 0 unspecified atom stereocenters. The molecule has 0 aliphatic heterocycles. The van der Waals surface area contributed by atoms with E-state index in [0.29, 0.717) is 0 Å². The molecule has 0 aromatic rings. The zero-order valence-corrected chi connectivity index (χ0v) is 5.64. The first kappa shape index (κ1) is 51.8. The first-order chi connectivity index (χ1) is 2.00. The normalized spacial score (nSPS) is 5.80. The third kappa shape index (κ3) is 25400. The Morgan fingerprint density at radius 3 is 0.900 bits per heavy atom. The van der Waals surface area contributed by atoms with Crippen LogP contribution in [0.15, 0.2) is 0 Å². The van der Waals surface area contributed by atoms with Gasteiger partial charge in [-0.1, -0.05) is 0 Å². The van der Waals surface area contributed by atoms with E-state index in [0.717, 1.165) is 0 Å². The predicted molar refractivity (Wildman–Crippen MR) is 36.6 cm³/mol. The van der Waals surface area contributed by atoms with Crippen LogP contribution >= 0.6 is 0 Å². The summed E-state index contributed by atoms with van der Waals surface area (Å²) in [5.41, 5.74) is 0. The van der Waals surface area contributed by atoms with Crippen molar-refractivity contribution in [2.24, 2.45) is 0 Å². The van der Waals surface area contributed by atoms with Crippen LogP contribution in [-0.2, 0) is 10.4 Å². The van der Waals surface area contributed by atoms with Crippen molar-refractivity contribution in [3.05, 3.63) is 0 Å². The minimum atomic E-state index is -4.67. The molecule has 0 aromatic heterocycles. The van der Waals surface area contributed by atoms with Gasteiger partial charge in [-0.3, -0.25) is 9.11 Å². The second kappa shape index (κ2) is 15.9. The molecular weight excluding hydrogens is 169 g/mol. The molecule has 0 radical (unpaired) electrons.